The minimum Gasteiger partial charge on any atom is -0.321 e. The van der Waals surface area contributed by atoms with Crippen LogP contribution in [0.1, 0.15) is 17.3 Å². The van der Waals surface area contributed by atoms with Crippen LogP contribution >= 0.6 is 0 Å². The highest BCUT2D eigenvalue weighted by atomic mass is 16.1. The van der Waals surface area contributed by atoms with Crippen molar-refractivity contribution in [2.75, 3.05) is 0 Å². The molecule has 6 nitrogen and oxygen atoms in total. The highest BCUT2D eigenvalue weighted by Gasteiger charge is 2.11. The third-order valence-corrected chi connectivity index (χ3v) is 2.19. The molecule has 82 valence electrons. The lowest BCUT2D eigenvalue weighted by Crippen LogP contribution is -2.26. The molecule has 1 aromatic carbocycles. The zero-order valence-electron chi connectivity index (χ0n) is 8.71. The Morgan fingerprint density at radius 1 is 1.38 bits per heavy atom. The Kier molecular flexibility index (Phi) is 2.74. The fourth-order valence-electron chi connectivity index (χ4n) is 1.33. The van der Waals surface area contributed by atoms with E-state index >= 15 is 0 Å². The van der Waals surface area contributed by atoms with Crippen molar-refractivity contribution < 1.29 is 4.79 Å². The van der Waals surface area contributed by atoms with Crippen LogP contribution < -0.4 is 5.73 Å². The molecule has 1 aromatic heterocycles. The van der Waals surface area contributed by atoms with E-state index in [9.17, 15) is 4.79 Å². The number of benzene rings is 1. The van der Waals surface area contributed by atoms with E-state index in [0.717, 1.165) is 5.56 Å². The van der Waals surface area contributed by atoms with E-state index in [1.165, 1.54) is 0 Å². The summed E-state index contributed by atoms with van der Waals surface area (Å²) in [5.74, 6) is 0.416. The van der Waals surface area contributed by atoms with E-state index in [1.807, 2.05) is 0 Å². The van der Waals surface area contributed by atoms with E-state index in [-0.39, 0.29) is 5.78 Å². The molecular formula is C10H11N5O. The molecule has 0 saturated heterocycles. The van der Waals surface area contributed by atoms with Crippen LogP contribution in [0.15, 0.2) is 24.3 Å². The normalized spacial score (nSPS) is 12.4. The molecule has 0 radical (unpaired) electrons. The van der Waals surface area contributed by atoms with Crippen molar-refractivity contribution >= 4 is 5.78 Å². The van der Waals surface area contributed by atoms with Crippen LogP contribution in [0.25, 0.3) is 11.4 Å². The first-order valence-electron chi connectivity index (χ1n) is 4.82. The standard InChI is InChI=1S/C10H11N5O/c1-6(11)9(16)7-2-4-8(5-3-7)10-12-14-15-13-10/h2-6H,11H2,1H3,(H,12,13,14,15). The third-order valence-electron chi connectivity index (χ3n) is 2.19. The fourth-order valence-corrected chi connectivity index (χ4v) is 1.33. The molecule has 2 rings (SSSR count). The molecule has 0 aliphatic rings. The van der Waals surface area contributed by atoms with Gasteiger partial charge < -0.3 is 5.73 Å². The lowest BCUT2D eigenvalue weighted by Gasteiger charge is -2.04. The second-order valence-corrected chi connectivity index (χ2v) is 3.47. The number of carbonyl (C=O) groups is 1. The monoisotopic (exact) mass is 217 g/mol. The van der Waals surface area contributed by atoms with Crippen LogP contribution in [0.5, 0.6) is 0 Å². The molecular weight excluding hydrogens is 206 g/mol. The Bertz CT molecular complexity index is 474. The van der Waals surface area contributed by atoms with Gasteiger partial charge >= 0.3 is 0 Å². The average molecular weight is 217 g/mol. The lowest BCUT2D eigenvalue weighted by molar-refractivity contribution is 0.0968. The number of nitrogens with two attached hydrogens (primary N) is 1. The van der Waals surface area contributed by atoms with Crippen LogP contribution in [0.4, 0.5) is 0 Å². The fraction of sp³-hybridized carbons (Fsp3) is 0.200. The predicted molar refractivity (Wildman–Crippen MR) is 57.6 cm³/mol. The smallest absolute Gasteiger partial charge is 0.204 e. The quantitative estimate of drug-likeness (QED) is 0.725. The molecule has 0 aliphatic carbocycles. The van der Waals surface area contributed by atoms with Crippen LogP contribution in [0.3, 0.4) is 0 Å². The van der Waals surface area contributed by atoms with E-state index in [1.54, 1.807) is 31.2 Å². The Balaban J connectivity index is 2.27. The molecule has 0 fully saturated rings. The SMILES string of the molecule is CC(N)C(=O)c1ccc(-c2nn[nH]n2)cc1. The molecule has 0 bridgehead atoms. The number of nitrogens with one attached hydrogen (secondary N) is 1. The Morgan fingerprint density at radius 2 is 2.06 bits per heavy atom. The zero-order chi connectivity index (χ0) is 11.5. The van der Waals surface area contributed by atoms with Gasteiger partial charge in [0.2, 0.25) is 5.82 Å². The molecule has 1 unspecified atom stereocenters. The van der Waals surface area contributed by atoms with Gasteiger partial charge in [-0.25, -0.2) is 0 Å². The van der Waals surface area contributed by atoms with Crippen LogP contribution in [0.2, 0.25) is 0 Å². The van der Waals surface area contributed by atoms with Gasteiger partial charge in [-0.05, 0) is 12.1 Å². The van der Waals surface area contributed by atoms with Gasteiger partial charge in [0.05, 0.1) is 6.04 Å². The van der Waals surface area contributed by atoms with Crippen LogP contribution in [-0.4, -0.2) is 32.4 Å². The van der Waals surface area contributed by atoms with Gasteiger partial charge in [-0.1, -0.05) is 24.3 Å². The van der Waals surface area contributed by atoms with Crippen molar-refractivity contribution in [2.45, 2.75) is 13.0 Å². The average Bonchev–Trinajstić information content (AvgIpc) is 2.81. The summed E-state index contributed by atoms with van der Waals surface area (Å²) in [6.45, 7) is 1.66. The Labute approximate surface area is 91.9 Å². The van der Waals surface area contributed by atoms with Gasteiger partial charge in [0.1, 0.15) is 0 Å². The number of nitrogens with zero attached hydrogens (tertiary/aromatic N) is 3. The second-order valence-electron chi connectivity index (χ2n) is 3.47. The number of hydrogen-bond donors (Lipinski definition) is 2. The van der Waals surface area contributed by atoms with Gasteiger partial charge in [-0.2, -0.15) is 5.21 Å². The summed E-state index contributed by atoms with van der Waals surface area (Å²) in [5, 5.41) is 13.5. The van der Waals surface area contributed by atoms with Crippen LogP contribution in [0, 0.1) is 0 Å². The van der Waals surface area contributed by atoms with Crippen molar-refractivity contribution in [3.8, 4) is 11.4 Å². The van der Waals surface area contributed by atoms with Crippen molar-refractivity contribution in [3.63, 3.8) is 0 Å². The first kappa shape index (κ1) is 10.4. The lowest BCUT2D eigenvalue weighted by atomic mass is 10.0. The topological polar surface area (TPSA) is 97.5 Å². The Hall–Kier alpha value is -2.08. The first-order chi connectivity index (χ1) is 7.68. The summed E-state index contributed by atoms with van der Waals surface area (Å²) in [6, 6.07) is 6.45. The largest absolute Gasteiger partial charge is 0.321 e. The molecule has 0 saturated carbocycles. The maximum Gasteiger partial charge on any atom is 0.204 e. The van der Waals surface area contributed by atoms with Crippen molar-refractivity contribution in [2.24, 2.45) is 5.73 Å². The number of ketones is 1. The summed E-state index contributed by atoms with van der Waals surface area (Å²) in [5.41, 5.74) is 6.90. The van der Waals surface area contributed by atoms with Gasteiger partial charge in [-0.15, -0.1) is 10.2 Å². The number of aromatic nitrogens is 4. The van der Waals surface area contributed by atoms with Gasteiger partial charge in [-0.3, -0.25) is 4.79 Å². The number of tetrazole rings is 1. The second kappa shape index (κ2) is 4.19. The third kappa shape index (κ3) is 1.96. The summed E-state index contributed by atoms with van der Waals surface area (Å²) in [4.78, 5) is 11.6. The number of H-pyrrole nitrogens is 1. The van der Waals surface area contributed by atoms with E-state index < -0.39 is 6.04 Å². The van der Waals surface area contributed by atoms with Gasteiger partial charge in [0.25, 0.3) is 0 Å². The molecule has 0 spiro atoms. The summed E-state index contributed by atoms with van der Waals surface area (Å²) < 4.78 is 0. The van der Waals surface area contributed by atoms with Crippen LogP contribution in [-0.2, 0) is 0 Å². The van der Waals surface area contributed by atoms with Crippen molar-refractivity contribution in [3.05, 3.63) is 29.8 Å². The number of carbonyl (C=O) groups excluding carboxylic acids is 1. The summed E-state index contributed by atoms with van der Waals surface area (Å²) >= 11 is 0. The molecule has 1 heterocycles. The zero-order valence-corrected chi connectivity index (χ0v) is 8.71. The van der Waals surface area contributed by atoms with Crippen molar-refractivity contribution in [1.82, 2.24) is 20.6 Å². The van der Waals surface area contributed by atoms with E-state index in [4.69, 9.17) is 5.73 Å². The predicted octanol–water partition coefficient (Wildman–Crippen LogP) is 0.397. The highest BCUT2D eigenvalue weighted by Crippen LogP contribution is 2.14. The first-order valence-corrected chi connectivity index (χ1v) is 4.82. The highest BCUT2D eigenvalue weighted by molar-refractivity contribution is 5.99. The number of rotatable bonds is 3. The van der Waals surface area contributed by atoms with Crippen molar-refractivity contribution in [1.29, 1.82) is 0 Å². The van der Waals surface area contributed by atoms with E-state index in [0.29, 0.717) is 11.4 Å². The van der Waals surface area contributed by atoms with Gasteiger partial charge in [0.15, 0.2) is 5.78 Å². The number of Topliss-reactive ketones (excluding diaryl/α,β-unsaturated/α-hetero) is 1. The minimum absolute atomic E-state index is 0.0836. The molecule has 2 aromatic rings. The maximum atomic E-state index is 11.6. The number of hydrogen-bond acceptors (Lipinski definition) is 5. The molecule has 0 aliphatic heterocycles. The maximum absolute atomic E-state index is 11.6. The molecule has 1 atom stereocenters. The van der Waals surface area contributed by atoms with E-state index in [2.05, 4.69) is 20.6 Å². The minimum atomic E-state index is -0.490. The summed E-state index contributed by atoms with van der Waals surface area (Å²) in [7, 11) is 0. The Morgan fingerprint density at radius 3 is 2.56 bits per heavy atom. The molecule has 16 heavy (non-hydrogen) atoms. The number of aromatic amines is 1. The molecule has 0 amide bonds. The summed E-state index contributed by atoms with van der Waals surface area (Å²) in [6.07, 6.45) is 0. The molecule has 3 N–H and O–H groups in total. The van der Waals surface area contributed by atoms with Gasteiger partial charge in [0, 0.05) is 11.1 Å². The molecule has 6 heteroatoms.